The Kier molecular flexibility index (Phi) is 14.4. The SMILES string of the molecule is C=C[P+](=O)O.CCCCC. The summed E-state index contributed by atoms with van der Waals surface area (Å²) in [7, 11) is -2.08. The third-order valence-corrected chi connectivity index (χ3v) is 1.18. The van der Waals surface area contributed by atoms with Crippen molar-refractivity contribution in [3.63, 3.8) is 0 Å². The fourth-order valence-corrected chi connectivity index (χ4v) is 0.354. The summed E-state index contributed by atoms with van der Waals surface area (Å²) in [4.78, 5) is 7.75. The normalized spacial score (nSPS) is 9.30. The molecule has 0 rings (SSSR count). The van der Waals surface area contributed by atoms with Gasteiger partial charge < -0.3 is 0 Å². The average molecular weight is 163 g/mol. The van der Waals surface area contributed by atoms with Gasteiger partial charge in [-0.15, -0.1) is 0 Å². The number of hydrogen-bond acceptors (Lipinski definition) is 1. The van der Waals surface area contributed by atoms with Gasteiger partial charge in [-0.3, -0.25) is 0 Å². The molecule has 0 amide bonds. The molecule has 3 heteroatoms. The largest absolute Gasteiger partial charge is 0.537 e. The molecule has 10 heavy (non-hydrogen) atoms. The lowest BCUT2D eigenvalue weighted by molar-refractivity contribution is 0.512. The minimum atomic E-state index is -2.08. The van der Waals surface area contributed by atoms with Crippen LogP contribution in [0.5, 0.6) is 0 Å². The van der Waals surface area contributed by atoms with E-state index in [2.05, 4.69) is 20.4 Å². The van der Waals surface area contributed by atoms with Crippen LogP contribution in [0.4, 0.5) is 0 Å². The molecule has 60 valence electrons. The summed E-state index contributed by atoms with van der Waals surface area (Å²) in [5, 5.41) is 0. The Morgan fingerprint density at radius 2 is 1.80 bits per heavy atom. The fourth-order valence-electron chi connectivity index (χ4n) is 0.354. The Morgan fingerprint density at radius 3 is 1.80 bits per heavy atom. The number of unbranched alkanes of at least 4 members (excludes halogenated alkanes) is 2. The lowest BCUT2D eigenvalue weighted by atomic mass is 10.3. The Labute approximate surface area is 63.8 Å². The monoisotopic (exact) mass is 163 g/mol. The van der Waals surface area contributed by atoms with Crippen LogP contribution < -0.4 is 0 Å². The highest BCUT2D eigenvalue weighted by atomic mass is 31.1. The molecule has 0 aliphatic heterocycles. The highest BCUT2D eigenvalue weighted by molar-refractivity contribution is 7.41. The van der Waals surface area contributed by atoms with Crippen molar-refractivity contribution in [2.75, 3.05) is 0 Å². The zero-order valence-electron chi connectivity index (χ0n) is 6.71. The first-order chi connectivity index (χ1) is 4.68. The quantitative estimate of drug-likeness (QED) is 0.649. The summed E-state index contributed by atoms with van der Waals surface area (Å²) in [5.74, 6) is 0.981. The van der Waals surface area contributed by atoms with Crippen molar-refractivity contribution in [3.05, 3.63) is 12.4 Å². The molecule has 1 atom stereocenters. The van der Waals surface area contributed by atoms with Gasteiger partial charge >= 0.3 is 8.03 Å². The van der Waals surface area contributed by atoms with Crippen molar-refractivity contribution in [1.29, 1.82) is 0 Å². The highest BCUT2D eigenvalue weighted by Crippen LogP contribution is 2.10. The Morgan fingerprint density at radius 1 is 1.50 bits per heavy atom. The summed E-state index contributed by atoms with van der Waals surface area (Å²) in [6.45, 7) is 7.45. The summed E-state index contributed by atoms with van der Waals surface area (Å²) >= 11 is 0. The molecule has 0 aromatic heterocycles. The molecule has 0 radical (unpaired) electrons. The number of hydrogen-bond donors (Lipinski definition) is 1. The van der Waals surface area contributed by atoms with Gasteiger partial charge in [0, 0.05) is 0 Å². The highest BCUT2D eigenvalue weighted by Gasteiger charge is 1.94. The molecule has 0 aliphatic carbocycles. The van der Waals surface area contributed by atoms with E-state index >= 15 is 0 Å². The van der Waals surface area contributed by atoms with E-state index in [1.54, 1.807) is 0 Å². The van der Waals surface area contributed by atoms with Crippen LogP contribution >= 0.6 is 8.03 Å². The Balaban J connectivity index is 0. The van der Waals surface area contributed by atoms with E-state index in [0.29, 0.717) is 0 Å². The lowest BCUT2D eigenvalue weighted by Gasteiger charge is -1.79. The molecule has 0 saturated heterocycles. The third kappa shape index (κ3) is 25.0. The van der Waals surface area contributed by atoms with Gasteiger partial charge in [0.2, 0.25) is 0 Å². The molecule has 0 aliphatic rings. The maximum atomic E-state index is 9.40. The maximum absolute atomic E-state index is 9.40. The van der Waals surface area contributed by atoms with Gasteiger partial charge in [-0.1, -0.05) is 33.1 Å². The van der Waals surface area contributed by atoms with Crippen LogP contribution in [0.2, 0.25) is 0 Å². The average Bonchev–Trinajstić information content (AvgIpc) is 1.91. The summed E-state index contributed by atoms with van der Waals surface area (Å²) in [6, 6.07) is 0. The molecule has 2 nitrogen and oxygen atoms in total. The molecular weight excluding hydrogens is 147 g/mol. The van der Waals surface area contributed by atoms with Crippen molar-refractivity contribution in [2.24, 2.45) is 0 Å². The van der Waals surface area contributed by atoms with E-state index in [0.717, 1.165) is 5.82 Å². The summed E-state index contributed by atoms with van der Waals surface area (Å²) in [6.07, 6.45) is 4.08. The first-order valence-corrected chi connectivity index (χ1v) is 4.74. The molecule has 0 bridgehead atoms. The zero-order valence-corrected chi connectivity index (χ0v) is 7.60. The molecule has 0 heterocycles. The van der Waals surface area contributed by atoms with Crippen LogP contribution in [0.3, 0.4) is 0 Å². The second kappa shape index (κ2) is 11.6. The van der Waals surface area contributed by atoms with E-state index in [1.807, 2.05) is 0 Å². The summed E-state index contributed by atoms with van der Waals surface area (Å²) < 4.78 is 9.40. The predicted molar refractivity (Wildman–Crippen MR) is 45.2 cm³/mol. The van der Waals surface area contributed by atoms with Crippen molar-refractivity contribution in [2.45, 2.75) is 33.1 Å². The zero-order chi connectivity index (χ0) is 8.41. The van der Waals surface area contributed by atoms with Crippen molar-refractivity contribution in [1.82, 2.24) is 0 Å². The van der Waals surface area contributed by atoms with E-state index in [-0.39, 0.29) is 0 Å². The molecule has 1 N–H and O–H groups in total. The molecule has 0 spiro atoms. The van der Waals surface area contributed by atoms with Gasteiger partial charge in [0.15, 0.2) is 5.82 Å². The topological polar surface area (TPSA) is 37.3 Å². The van der Waals surface area contributed by atoms with Crippen LogP contribution in [0.1, 0.15) is 33.1 Å². The van der Waals surface area contributed by atoms with Crippen LogP contribution in [0.25, 0.3) is 0 Å². The van der Waals surface area contributed by atoms with Crippen molar-refractivity contribution in [3.8, 4) is 0 Å². The van der Waals surface area contributed by atoms with Crippen LogP contribution in [0.15, 0.2) is 12.4 Å². The standard InChI is InChI=1S/C5H12.C2H3O2P/c1-3-5-4-2;1-2-5(3)4/h3-5H2,1-2H3;2H,1H2/p+1. The molecule has 0 aromatic carbocycles. The first kappa shape index (κ1) is 12.5. The minimum absolute atomic E-state index is 0.981. The third-order valence-electron chi connectivity index (χ3n) is 0.863. The Hall–Kier alpha value is -0.200. The molecule has 0 aromatic rings. The van der Waals surface area contributed by atoms with E-state index in [9.17, 15) is 4.57 Å². The smallest absolute Gasteiger partial charge is 0.157 e. The number of rotatable bonds is 3. The van der Waals surface area contributed by atoms with Crippen LogP contribution in [-0.2, 0) is 4.57 Å². The van der Waals surface area contributed by atoms with Crippen LogP contribution in [-0.4, -0.2) is 4.89 Å². The second-order valence-corrected chi connectivity index (χ2v) is 2.81. The second-order valence-electron chi connectivity index (χ2n) is 1.84. The van der Waals surface area contributed by atoms with E-state index in [1.165, 1.54) is 19.3 Å². The van der Waals surface area contributed by atoms with Gasteiger partial charge in [-0.25, -0.2) is 0 Å². The van der Waals surface area contributed by atoms with E-state index in [4.69, 9.17) is 4.89 Å². The predicted octanol–water partition coefficient (Wildman–Crippen LogP) is 3.06. The van der Waals surface area contributed by atoms with Crippen LogP contribution in [0, 0.1) is 0 Å². The molecule has 0 fully saturated rings. The molecular formula is C7H16O2P+. The summed E-state index contributed by atoms with van der Waals surface area (Å²) in [5.41, 5.74) is 0. The molecule has 1 unspecified atom stereocenters. The first-order valence-electron chi connectivity index (χ1n) is 3.46. The minimum Gasteiger partial charge on any atom is -0.157 e. The van der Waals surface area contributed by atoms with Crippen molar-refractivity contribution >= 4 is 8.03 Å². The van der Waals surface area contributed by atoms with Gasteiger partial charge in [-0.2, -0.15) is 4.89 Å². The van der Waals surface area contributed by atoms with Gasteiger partial charge in [0.05, 0.1) is 0 Å². The van der Waals surface area contributed by atoms with Crippen molar-refractivity contribution < 1.29 is 9.46 Å². The Bertz CT molecular complexity index is 89.6. The van der Waals surface area contributed by atoms with E-state index < -0.39 is 8.03 Å². The van der Waals surface area contributed by atoms with Gasteiger partial charge in [0.25, 0.3) is 0 Å². The molecule has 0 saturated carbocycles. The fraction of sp³-hybridized carbons (Fsp3) is 0.714. The lowest BCUT2D eigenvalue weighted by Crippen LogP contribution is -1.59. The van der Waals surface area contributed by atoms with Gasteiger partial charge in [0.1, 0.15) is 0 Å². The maximum Gasteiger partial charge on any atom is 0.537 e. The van der Waals surface area contributed by atoms with Gasteiger partial charge in [-0.05, 0) is 11.1 Å².